The van der Waals surface area contributed by atoms with E-state index in [1.165, 1.54) is 49.7 Å². The molecule has 1 aliphatic carbocycles. The number of rotatable bonds is 5. The number of hydrogen-bond acceptors (Lipinski definition) is 1. The summed E-state index contributed by atoms with van der Waals surface area (Å²) < 4.78 is 0. The maximum Gasteiger partial charge on any atom is 0.00957 e. The lowest BCUT2D eigenvalue weighted by molar-refractivity contribution is 0.200. The van der Waals surface area contributed by atoms with E-state index in [0.29, 0.717) is 6.04 Å². The zero-order valence-corrected chi connectivity index (χ0v) is 12.8. The van der Waals surface area contributed by atoms with Gasteiger partial charge in [0.2, 0.25) is 0 Å². The fourth-order valence-corrected chi connectivity index (χ4v) is 3.78. The molecule has 0 aliphatic heterocycles. The summed E-state index contributed by atoms with van der Waals surface area (Å²) in [4.78, 5) is 0. The minimum atomic E-state index is 0.716. The molecular formula is C18H29N. The summed E-state index contributed by atoms with van der Waals surface area (Å²) in [6.45, 7) is 4.51. The van der Waals surface area contributed by atoms with Gasteiger partial charge in [0.05, 0.1) is 0 Å². The molecule has 0 bridgehead atoms. The second-order valence-electron chi connectivity index (χ2n) is 6.32. The Labute approximate surface area is 118 Å². The van der Waals surface area contributed by atoms with Crippen molar-refractivity contribution in [3.63, 3.8) is 0 Å². The average Bonchev–Trinajstić information content (AvgIpc) is 2.39. The number of hydrogen-bond donors (Lipinski definition) is 1. The van der Waals surface area contributed by atoms with E-state index in [0.717, 1.165) is 11.8 Å². The molecule has 0 amide bonds. The van der Waals surface area contributed by atoms with E-state index < -0.39 is 0 Å². The van der Waals surface area contributed by atoms with Crippen LogP contribution in [-0.4, -0.2) is 13.1 Å². The Hall–Kier alpha value is -0.820. The third kappa shape index (κ3) is 4.07. The molecule has 3 atom stereocenters. The lowest BCUT2D eigenvalue weighted by atomic mass is 9.74. The summed E-state index contributed by atoms with van der Waals surface area (Å²) in [6, 6.07) is 9.76. The van der Waals surface area contributed by atoms with Crippen LogP contribution < -0.4 is 5.32 Å². The van der Waals surface area contributed by atoms with Crippen molar-refractivity contribution in [2.24, 2.45) is 11.8 Å². The Balaban J connectivity index is 2.01. The van der Waals surface area contributed by atoms with Gasteiger partial charge in [-0.15, -0.1) is 0 Å². The summed E-state index contributed by atoms with van der Waals surface area (Å²) in [5, 5.41) is 3.55. The molecule has 1 saturated carbocycles. The second-order valence-corrected chi connectivity index (χ2v) is 6.32. The Morgan fingerprint density at radius 1 is 1.26 bits per heavy atom. The van der Waals surface area contributed by atoms with Crippen LogP contribution in [0.15, 0.2) is 24.3 Å². The molecule has 1 aliphatic rings. The minimum absolute atomic E-state index is 0.716. The van der Waals surface area contributed by atoms with Crippen LogP contribution in [0.25, 0.3) is 0 Å². The van der Waals surface area contributed by atoms with Gasteiger partial charge in [-0.05, 0) is 57.1 Å². The van der Waals surface area contributed by atoms with Crippen LogP contribution in [0, 0.1) is 18.8 Å². The van der Waals surface area contributed by atoms with E-state index in [9.17, 15) is 0 Å². The number of nitrogens with one attached hydrogen (secondary N) is 1. The van der Waals surface area contributed by atoms with Gasteiger partial charge < -0.3 is 5.32 Å². The molecule has 19 heavy (non-hydrogen) atoms. The molecule has 0 radical (unpaired) electrons. The topological polar surface area (TPSA) is 12.0 Å². The van der Waals surface area contributed by atoms with Gasteiger partial charge in [0.15, 0.2) is 0 Å². The molecule has 1 aromatic rings. The van der Waals surface area contributed by atoms with Gasteiger partial charge in [0.1, 0.15) is 0 Å². The van der Waals surface area contributed by atoms with Crippen LogP contribution >= 0.6 is 0 Å². The van der Waals surface area contributed by atoms with Gasteiger partial charge >= 0.3 is 0 Å². The first kappa shape index (κ1) is 14.6. The standard InChI is InChI=1S/C18H29N/c1-4-6-15-9-10-18(19-3)17(12-15)13-16-8-5-7-14(2)11-16/h5,7-8,11,15,17-19H,4,6,9-10,12-13H2,1-3H3. The molecule has 0 saturated heterocycles. The first-order valence-corrected chi connectivity index (χ1v) is 7.95. The molecular weight excluding hydrogens is 230 g/mol. The first-order valence-electron chi connectivity index (χ1n) is 7.95. The van der Waals surface area contributed by atoms with Crippen LogP contribution in [0.5, 0.6) is 0 Å². The Bertz CT molecular complexity index is 385. The molecule has 1 N–H and O–H groups in total. The molecule has 1 nitrogen and oxygen atoms in total. The molecule has 0 aromatic heterocycles. The Kier molecular flexibility index (Phi) is 5.45. The van der Waals surface area contributed by atoms with E-state index in [4.69, 9.17) is 0 Å². The predicted molar refractivity (Wildman–Crippen MR) is 83.5 cm³/mol. The highest BCUT2D eigenvalue weighted by molar-refractivity contribution is 5.23. The smallest absolute Gasteiger partial charge is 0.00957 e. The van der Waals surface area contributed by atoms with Gasteiger partial charge in [0, 0.05) is 6.04 Å². The number of benzene rings is 1. The molecule has 1 heteroatoms. The van der Waals surface area contributed by atoms with Crippen LogP contribution in [-0.2, 0) is 6.42 Å². The van der Waals surface area contributed by atoms with Crippen molar-refractivity contribution < 1.29 is 0 Å². The van der Waals surface area contributed by atoms with Crippen molar-refractivity contribution in [3.8, 4) is 0 Å². The lowest BCUT2D eigenvalue weighted by Crippen LogP contribution is -2.39. The van der Waals surface area contributed by atoms with Crippen molar-refractivity contribution >= 4 is 0 Å². The van der Waals surface area contributed by atoms with Crippen LogP contribution in [0.2, 0.25) is 0 Å². The van der Waals surface area contributed by atoms with Crippen LogP contribution in [0.3, 0.4) is 0 Å². The summed E-state index contributed by atoms with van der Waals surface area (Å²) in [5.74, 6) is 1.78. The van der Waals surface area contributed by atoms with Gasteiger partial charge in [-0.3, -0.25) is 0 Å². The average molecular weight is 259 g/mol. The summed E-state index contributed by atoms with van der Waals surface area (Å²) in [5.41, 5.74) is 2.90. The molecule has 2 rings (SSSR count). The minimum Gasteiger partial charge on any atom is -0.317 e. The second kappa shape index (κ2) is 7.09. The Morgan fingerprint density at radius 3 is 2.79 bits per heavy atom. The van der Waals surface area contributed by atoms with E-state index in [1.54, 1.807) is 0 Å². The number of aryl methyl sites for hydroxylation is 1. The molecule has 3 unspecified atom stereocenters. The van der Waals surface area contributed by atoms with E-state index in [1.807, 2.05) is 0 Å². The van der Waals surface area contributed by atoms with Crippen LogP contribution in [0.4, 0.5) is 0 Å². The fourth-order valence-electron chi connectivity index (χ4n) is 3.78. The van der Waals surface area contributed by atoms with Gasteiger partial charge in [0.25, 0.3) is 0 Å². The molecule has 106 valence electrons. The highest BCUT2D eigenvalue weighted by atomic mass is 14.9. The SMILES string of the molecule is CCCC1CCC(NC)C(Cc2cccc(C)c2)C1. The Morgan fingerprint density at radius 2 is 2.11 bits per heavy atom. The summed E-state index contributed by atoms with van der Waals surface area (Å²) >= 11 is 0. The monoisotopic (exact) mass is 259 g/mol. The summed E-state index contributed by atoms with van der Waals surface area (Å²) in [6.07, 6.45) is 8.19. The zero-order chi connectivity index (χ0) is 13.7. The lowest BCUT2D eigenvalue weighted by Gasteiger charge is -2.36. The van der Waals surface area contributed by atoms with Crippen molar-refractivity contribution in [1.82, 2.24) is 5.32 Å². The third-order valence-corrected chi connectivity index (χ3v) is 4.74. The van der Waals surface area contributed by atoms with Crippen molar-refractivity contribution in [2.45, 2.75) is 58.4 Å². The van der Waals surface area contributed by atoms with Crippen molar-refractivity contribution in [3.05, 3.63) is 35.4 Å². The molecule has 0 heterocycles. The van der Waals surface area contributed by atoms with Gasteiger partial charge in [-0.25, -0.2) is 0 Å². The molecule has 1 aromatic carbocycles. The quantitative estimate of drug-likeness (QED) is 0.829. The van der Waals surface area contributed by atoms with Crippen molar-refractivity contribution in [2.75, 3.05) is 7.05 Å². The van der Waals surface area contributed by atoms with Gasteiger partial charge in [-0.2, -0.15) is 0 Å². The largest absolute Gasteiger partial charge is 0.317 e. The van der Waals surface area contributed by atoms with Gasteiger partial charge in [-0.1, -0.05) is 49.6 Å². The van der Waals surface area contributed by atoms with E-state index in [-0.39, 0.29) is 0 Å². The van der Waals surface area contributed by atoms with Crippen molar-refractivity contribution in [1.29, 1.82) is 0 Å². The normalized spacial score (nSPS) is 27.4. The maximum atomic E-state index is 3.55. The molecule has 0 spiro atoms. The molecule has 1 fully saturated rings. The summed E-state index contributed by atoms with van der Waals surface area (Å²) in [7, 11) is 2.13. The maximum absolute atomic E-state index is 3.55. The predicted octanol–water partition coefficient (Wildman–Crippen LogP) is 4.34. The third-order valence-electron chi connectivity index (χ3n) is 4.74. The highest BCUT2D eigenvalue weighted by Crippen LogP contribution is 2.34. The zero-order valence-electron chi connectivity index (χ0n) is 12.8. The fraction of sp³-hybridized carbons (Fsp3) is 0.667. The van der Waals surface area contributed by atoms with Crippen LogP contribution in [0.1, 0.15) is 50.2 Å². The van der Waals surface area contributed by atoms with E-state index >= 15 is 0 Å². The van der Waals surface area contributed by atoms with E-state index in [2.05, 4.69) is 50.5 Å². The first-order chi connectivity index (χ1) is 9.22. The highest BCUT2D eigenvalue weighted by Gasteiger charge is 2.29.